The van der Waals surface area contributed by atoms with Gasteiger partial charge >= 0.3 is 0 Å². The quantitative estimate of drug-likeness (QED) is 0.0896. The second-order valence-corrected chi connectivity index (χ2v) is 17.6. The van der Waals surface area contributed by atoms with Crippen molar-refractivity contribution in [1.29, 1.82) is 0 Å². The van der Waals surface area contributed by atoms with Gasteiger partial charge in [0.1, 0.15) is 18.1 Å². The van der Waals surface area contributed by atoms with Crippen LogP contribution in [0.4, 0.5) is 0 Å². The average molecular weight is 613 g/mol. The predicted molar refractivity (Wildman–Crippen MR) is 166 cm³/mol. The van der Waals surface area contributed by atoms with Crippen molar-refractivity contribution in [3.63, 3.8) is 0 Å². The van der Waals surface area contributed by atoms with E-state index in [1.807, 2.05) is 24.3 Å². The first-order valence-electron chi connectivity index (χ1n) is 15.1. The lowest BCUT2D eigenvalue weighted by Crippen LogP contribution is -2.45. The fourth-order valence-corrected chi connectivity index (χ4v) is 5.14. The molecule has 1 saturated heterocycles. The molecule has 0 aliphatic carbocycles. The summed E-state index contributed by atoms with van der Waals surface area (Å²) in [4.78, 5) is 0. The van der Waals surface area contributed by atoms with E-state index in [1.54, 1.807) is 33.3 Å². The lowest BCUT2D eigenvalue weighted by atomic mass is 9.93. The van der Waals surface area contributed by atoms with Gasteiger partial charge in [-0.05, 0) is 62.0 Å². The second-order valence-electron chi connectivity index (χ2n) is 12.8. The molecule has 1 aliphatic rings. The van der Waals surface area contributed by atoms with Crippen LogP contribution in [0.15, 0.2) is 36.4 Å². The van der Waals surface area contributed by atoms with Crippen LogP contribution in [0.5, 0.6) is 5.75 Å². The molecule has 1 heterocycles. The van der Waals surface area contributed by atoms with E-state index in [-0.39, 0.29) is 30.6 Å². The molecule has 3 unspecified atom stereocenters. The van der Waals surface area contributed by atoms with Gasteiger partial charge in [0.15, 0.2) is 14.6 Å². The Morgan fingerprint density at radius 1 is 1.10 bits per heavy atom. The van der Waals surface area contributed by atoms with Crippen LogP contribution in [0, 0.1) is 0 Å². The number of methoxy groups -OCH3 is 2. The molecule has 42 heavy (non-hydrogen) atoms. The van der Waals surface area contributed by atoms with Gasteiger partial charge in [0, 0.05) is 33.2 Å². The van der Waals surface area contributed by atoms with E-state index in [2.05, 4.69) is 33.9 Å². The zero-order valence-corrected chi connectivity index (χ0v) is 28.1. The summed E-state index contributed by atoms with van der Waals surface area (Å²) >= 11 is 0. The van der Waals surface area contributed by atoms with E-state index >= 15 is 0 Å². The minimum atomic E-state index is -2.02. The molecule has 1 aromatic rings. The Labute approximate surface area is 254 Å². The summed E-state index contributed by atoms with van der Waals surface area (Å²) in [5, 5.41) is 22.4. The maximum absolute atomic E-state index is 11.2. The maximum Gasteiger partial charge on any atom is 0.192 e. The zero-order chi connectivity index (χ0) is 31.2. The lowest BCUT2D eigenvalue weighted by molar-refractivity contribution is -0.181. The number of aliphatic hydroxyl groups is 2. The van der Waals surface area contributed by atoms with Gasteiger partial charge in [-0.1, -0.05) is 45.1 Å². The van der Waals surface area contributed by atoms with Crippen molar-refractivity contribution in [3.05, 3.63) is 42.0 Å². The third-order valence-electron chi connectivity index (χ3n) is 8.11. The Bertz CT molecular complexity index is 892. The van der Waals surface area contributed by atoms with Gasteiger partial charge in [0.25, 0.3) is 0 Å². The summed E-state index contributed by atoms with van der Waals surface area (Å²) in [6, 6.07) is 7.77. The minimum Gasteiger partial charge on any atom is -0.497 e. The van der Waals surface area contributed by atoms with Crippen molar-refractivity contribution >= 4 is 8.32 Å². The van der Waals surface area contributed by atoms with Gasteiger partial charge in [0.2, 0.25) is 0 Å². The highest BCUT2D eigenvalue weighted by Crippen LogP contribution is 2.37. The van der Waals surface area contributed by atoms with E-state index in [0.717, 1.165) is 30.6 Å². The molecule has 0 saturated carbocycles. The van der Waals surface area contributed by atoms with Gasteiger partial charge in [-0.2, -0.15) is 0 Å². The maximum atomic E-state index is 11.2. The van der Waals surface area contributed by atoms with E-state index in [9.17, 15) is 10.2 Å². The molecule has 9 nitrogen and oxygen atoms in total. The average Bonchev–Trinajstić information content (AvgIpc) is 2.95. The molecule has 242 valence electrons. The van der Waals surface area contributed by atoms with Crippen LogP contribution in [-0.4, -0.2) is 89.6 Å². The summed E-state index contributed by atoms with van der Waals surface area (Å²) in [6.07, 6.45) is 4.85. The highest BCUT2D eigenvalue weighted by molar-refractivity contribution is 6.74. The first kappa shape index (κ1) is 36.8. The zero-order valence-electron chi connectivity index (χ0n) is 27.1. The molecule has 0 bridgehead atoms. The van der Waals surface area contributed by atoms with Crippen molar-refractivity contribution in [2.75, 3.05) is 40.8 Å². The third kappa shape index (κ3) is 13.1. The molecule has 0 radical (unpaired) electrons. The number of ether oxygens (including phenoxy) is 6. The normalized spacial score (nSPS) is 20.3. The van der Waals surface area contributed by atoms with Crippen LogP contribution >= 0.6 is 0 Å². The first-order chi connectivity index (χ1) is 19.8. The number of aliphatic hydroxyl groups excluding tert-OH is 1. The van der Waals surface area contributed by atoms with Crippen molar-refractivity contribution in [2.24, 2.45) is 0 Å². The molecule has 1 fully saturated rings. The van der Waals surface area contributed by atoms with E-state index in [4.69, 9.17) is 32.8 Å². The van der Waals surface area contributed by atoms with Gasteiger partial charge in [-0.15, -0.1) is 0 Å². The fraction of sp³-hybridized carbons (Fsp3) is 0.750. The topological polar surface area (TPSA) is 105 Å². The van der Waals surface area contributed by atoms with E-state index in [0.29, 0.717) is 32.8 Å². The molecule has 0 aromatic heterocycles. The second kappa shape index (κ2) is 17.8. The van der Waals surface area contributed by atoms with Gasteiger partial charge < -0.3 is 43.1 Å². The molecule has 2 N–H and O–H groups in total. The smallest absolute Gasteiger partial charge is 0.192 e. The van der Waals surface area contributed by atoms with Gasteiger partial charge in [-0.25, -0.2) is 0 Å². The monoisotopic (exact) mass is 612 g/mol. The van der Waals surface area contributed by atoms with Gasteiger partial charge in [0.05, 0.1) is 38.6 Å². The van der Waals surface area contributed by atoms with E-state index in [1.165, 1.54) is 0 Å². The van der Waals surface area contributed by atoms with Gasteiger partial charge in [-0.3, -0.25) is 0 Å². The Kier molecular flexibility index (Phi) is 15.6. The molecule has 5 atom stereocenters. The molecule has 1 aliphatic heterocycles. The lowest BCUT2D eigenvalue weighted by Gasteiger charge is -2.38. The van der Waals surface area contributed by atoms with Crippen LogP contribution in [0.2, 0.25) is 18.1 Å². The highest BCUT2D eigenvalue weighted by atomic mass is 28.4. The van der Waals surface area contributed by atoms with Crippen LogP contribution in [-0.2, 0) is 34.7 Å². The summed E-state index contributed by atoms with van der Waals surface area (Å²) < 4.78 is 40.4. The first-order valence-corrected chi connectivity index (χ1v) is 18.0. The number of benzene rings is 1. The van der Waals surface area contributed by atoms with Crippen LogP contribution < -0.4 is 4.74 Å². The summed E-state index contributed by atoms with van der Waals surface area (Å²) in [6.45, 7) is 14.4. The van der Waals surface area contributed by atoms with Crippen LogP contribution in [0.3, 0.4) is 0 Å². The molecule has 10 heteroatoms. The Morgan fingerprint density at radius 3 is 2.40 bits per heavy atom. The molecule has 0 spiro atoms. The van der Waals surface area contributed by atoms with Crippen molar-refractivity contribution < 1.29 is 43.1 Å². The minimum absolute atomic E-state index is 0.0427. The standard InChI is InChI=1S/C32H56O9Si/c1-31(2,3)42(7,8)40-23-28(39-24-35-5)21-29(33)32(4,34)18-16-27(41-30-11-9-10-19-38-30)17-20-37-22-25-12-14-26(36-6)15-13-25/h12-16,18,27-30,33-34H,9-11,17,19-24H2,1-8H3/b18-16+/t27?,28?,29-,30?,32-/m1/s1. The largest absolute Gasteiger partial charge is 0.497 e. The fourth-order valence-electron chi connectivity index (χ4n) is 4.10. The van der Waals surface area contributed by atoms with E-state index < -0.39 is 26.1 Å². The number of hydrogen-bond acceptors (Lipinski definition) is 9. The molecular weight excluding hydrogens is 556 g/mol. The summed E-state index contributed by atoms with van der Waals surface area (Å²) in [5.74, 6) is 0.804. The van der Waals surface area contributed by atoms with Crippen molar-refractivity contribution in [1.82, 2.24) is 0 Å². The Hall–Kier alpha value is -1.34. The third-order valence-corrected chi connectivity index (χ3v) is 12.6. The van der Waals surface area contributed by atoms with Crippen molar-refractivity contribution in [3.8, 4) is 5.75 Å². The van der Waals surface area contributed by atoms with Crippen LogP contribution in [0.1, 0.15) is 65.4 Å². The Morgan fingerprint density at radius 2 is 1.81 bits per heavy atom. The molecule has 1 aromatic carbocycles. The van der Waals surface area contributed by atoms with Crippen LogP contribution in [0.25, 0.3) is 0 Å². The predicted octanol–water partition coefficient (Wildman–Crippen LogP) is 5.58. The number of hydrogen-bond donors (Lipinski definition) is 2. The summed E-state index contributed by atoms with van der Waals surface area (Å²) in [7, 11) is 1.17. The SMILES string of the molecule is COCOC(CO[Si](C)(C)C(C)(C)C)C[C@@H](O)[C@](C)(O)/C=C/C(CCOCc1ccc(OC)cc1)OC1CCCCO1. The van der Waals surface area contributed by atoms with Crippen molar-refractivity contribution in [2.45, 2.75) is 115 Å². The Balaban J connectivity index is 2.00. The molecular formula is C32H56O9Si. The summed E-state index contributed by atoms with van der Waals surface area (Å²) in [5.41, 5.74) is -0.474. The molecule has 2 rings (SSSR count). The molecule has 0 amide bonds. The number of rotatable bonds is 19. The highest BCUT2D eigenvalue weighted by Gasteiger charge is 2.38.